The molecule has 3 heterocycles. The first-order valence-electron chi connectivity index (χ1n) is 8.52. The molecule has 128 valence electrons. The van der Waals surface area contributed by atoms with Crippen molar-refractivity contribution in [3.63, 3.8) is 0 Å². The third kappa shape index (κ3) is 3.21. The first kappa shape index (κ1) is 15.7. The van der Waals surface area contributed by atoms with Crippen molar-refractivity contribution in [2.75, 3.05) is 18.4 Å². The Labute approximate surface area is 144 Å². The van der Waals surface area contributed by atoms with Crippen LogP contribution in [0.15, 0.2) is 4.52 Å². The third-order valence-corrected chi connectivity index (χ3v) is 5.72. The van der Waals surface area contributed by atoms with Gasteiger partial charge in [-0.05, 0) is 45.1 Å². The highest BCUT2D eigenvalue weighted by molar-refractivity contribution is 7.15. The molecular weight excluding hydrogens is 326 g/mol. The Kier molecular flexibility index (Phi) is 4.32. The Balaban J connectivity index is 1.39. The average Bonchev–Trinajstić information content (AvgIpc) is 3.25. The summed E-state index contributed by atoms with van der Waals surface area (Å²) < 4.78 is 5.08. The second kappa shape index (κ2) is 6.60. The fraction of sp³-hybridized carbons (Fsp3) is 0.625. The second-order valence-corrected chi connectivity index (χ2v) is 7.53. The molecule has 0 spiro atoms. The van der Waals surface area contributed by atoms with Crippen LogP contribution in [0.1, 0.15) is 54.0 Å². The van der Waals surface area contributed by atoms with Gasteiger partial charge < -0.3 is 9.84 Å². The van der Waals surface area contributed by atoms with Gasteiger partial charge in [0.25, 0.3) is 0 Å². The molecule has 0 unspecified atom stereocenters. The fourth-order valence-electron chi connectivity index (χ4n) is 3.51. The number of carbonyl (C=O) groups is 1. The largest absolute Gasteiger partial charge is 0.340 e. The fourth-order valence-corrected chi connectivity index (χ4v) is 4.57. The summed E-state index contributed by atoms with van der Waals surface area (Å²) in [6.07, 6.45) is 6.54. The van der Waals surface area contributed by atoms with E-state index in [-0.39, 0.29) is 11.9 Å². The minimum Gasteiger partial charge on any atom is -0.340 e. The van der Waals surface area contributed by atoms with E-state index in [2.05, 4.69) is 25.3 Å². The molecule has 1 fully saturated rings. The monoisotopic (exact) mass is 347 g/mol. The highest BCUT2D eigenvalue weighted by atomic mass is 32.1. The standard InChI is InChI=1S/C16H21N5O2S/c1-10-17-15(20-23-10)12-6-4-8-21(12)9-14(22)19-16-18-11-5-2-3-7-13(11)24-16/h12H,2-9H2,1H3,(H,18,19,22)/t12-/m0/s1. The molecule has 1 aliphatic carbocycles. The van der Waals surface area contributed by atoms with Gasteiger partial charge in [0.05, 0.1) is 18.3 Å². The zero-order valence-electron chi connectivity index (χ0n) is 13.7. The lowest BCUT2D eigenvalue weighted by atomic mass is 10.0. The van der Waals surface area contributed by atoms with Crippen molar-refractivity contribution in [3.05, 3.63) is 22.3 Å². The molecule has 1 aliphatic heterocycles. The van der Waals surface area contributed by atoms with Crippen LogP contribution in [0.25, 0.3) is 0 Å². The van der Waals surface area contributed by atoms with Crippen LogP contribution in [-0.4, -0.2) is 39.0 Å². The predicted molar refractivity (Wildman–Crippen MR) is 90.0 cm³/mol. The molecule has 7 nitrogen and oxygen atoms in total. The summed E-state index contributed by atoms with van der Waals surface area (Å²) in [5.41, 5.74) is 1.17. The number of hydrogen-bond donors (Lipinski definition) is 1. The number of nitrogens with one attached hydrogen (secondary N) is 1. The number of aromatic nitrogens is 3. The number of amides is 1. The van der Waals surface area contributed by atoms with Gasteiger partial charge in [-0.2, -0.15) is 4.98 Å². The lowest BCUT2D eigenvalue weighted by Gasteiger charge is -2.20. The van der Waals surface area contributed by atoms with Crippen molar-refractivity contribution in [2.24, 2.45) is 0 Å². The highest BCUT2D eigenvalue weighted by Crippen LogP contribution is 2.31. The van der Waals surface area contributed by atoms with Crippen LogP contribution >= 0.6 is 11.3 Å². The normalized spacial score (nSPS) is 21.0. The SMILES string of the molecule is Cc1nc([C@@H]2CCCN2CC(=O)Nc2nc3c(s2)CCCC3)no1. The summed E-state index contributed by atoms with van der Waals surface area (Å²) in [7, 11) is 0. The van der Waals surface area contributed by atoms with Gasteiger partial charge in [-0.25, -0.2) is 4.98 Å². The first-order valence-corrected chi connectivity index (χ1v) is 9.33. The summed E-state index contributed by atoms with van der Waals surface area (Å²) in [5.74, 6) is 1.23. The Bertz CT molecular complexity index is 717. The van der Waals surface area contributed by atoms with E-state index in [4.69, 9.17) is 4.52 Å². The molecule has 0 saturated carbocycles. The topological polar surface area (TPSA) is 84.2 Å². The van der Waals surface area contributed by atoms with Crippen molar-refractivity contribution in [1.82, 2.24) is 20.0 Å². The molecule has 0 aromatic carbocycles. The maximum Gasteiger partial charge on any atom is 0.240 e. The van der Waals surface area contributed by atoms with Crippen LogP contribution in [0, 0.1) is 6.92 Å². The van der Waals surface area contributed by atoms with Crippen molar-refractivity contribution >= 4 is 22.4 Å². The van der Waals surface area contributed by atoms with Gasteiger partial charge in [0, 0.05) is 11.8 Å². The Morgan fingerprint density at radius 3 is 3.00 bits per heavy atom. The van der Waals surface area contributed by atoms with Crippen LogP contribution in [-0.2, 0) is 17.6 Å². The van der Waals surface area contributed by atoms with Gasteiger partial charge in [-0.3, -0.25) is 9.69 Å². The number of fused-ring (bicyclic) bond motifs is 1. The number of aryl methyl sites for hydroxylation is 3. The molecule has 8 heteroatoms. The summed E-state index contributed by atoms with van der Waals surface area (Å²) in [6.45, 7) is 3.00. The van der Waals surface area contributed by atoms with E-state index in [0.29, 0.717) is 18.3 Å². The molecule has 2 aromatic rings. The average molecular weight is 347 g/mol. The van der Waals surface area contributed by atoms with E-state index in [9.17, 15) is 4.79 Å². The molecule has 0 radical (unpaired) electrons. The maximum absolute atomic E-state index is 12.4. The van der Waals surface area contributed by atoms with Gasteiger partial charge in [-0.15, -0.1) is 11.3 Å². The minimum absolute atomic E-state index is 0.0202. The maximum atomic E-state index is 12.4. The van der Waals surface area contributed by atoms with Crippen LogP contribution in [0.4, 0.5) is 5.13 Å². The van der Waals surface area contributed by atoms with Crippen molar-refractivity contribution in [1.29, 1.82) is 0 Å². The molecule has 1 amide bonds. The van der Waals surface area contributed by atoms with Crippen molar-refractivity contribution < 1.29 is 9.32 Å². The van der Waals surface area contributed by atoms with E-state index in [0.717, 1.165) is 37.4 Å². The van der Waals surface area contributed by atoms with Gasteiger partial charge in [-0.1, -0.05) is 5.16 Å². The van der Waals surface area contributed by atoms with Crippen LogP contribution < -0.4 is 5.32 Å². The van der Waals surface area contributed by atoms with Crippen LogP contribution in [0.3, 0.4) is 0 Å². The Hall–Kier alpha value is -1.80. The zero-order valence-corrected chi connectivity index (χ0v) is 14.6. The van der Waals surface area contributed by atoms with Crippen molar-refractivity contribution in [3.8, 4) is 0 Å². The lowest BCUT2D eigenvalue weighted by Crippen LogP contribution is -2.33. The zero-order chi connectivity index (χ0) is 16.5. The first-order chi connectivity index (χ1) is 11.7. The van der Waals surface area contributed by atoms with Crippen LogP contribution in [0.2, 0.25) is 0 Å². The molecule has 0 bridgehead atoms. The van der Waals surface area contributed by atoms with E-state index in [1.165, 1.54) is 23.4 Å². The van der Waals surface area contributed by atoms with E-state index < -0.39 is 0 Å². The third-order valence-electron chi connectivity index (χ3n) is 4.64. The van der Waals surface area contributed by atoms with E-state index >= 15 is 0 Å². The van der Waals surface area contributed by atoms with E-state index in [1.54, 1.807) is 18.3 Å². The molecule has 1 saturated heterocycles. The van der Waals surface area contributed by atoms with Gasteiger partial charge in [0.1, 0.15) is 0 Å². The van der Waals surface area contributed by atoms with E-state index in [1.807, 2.05) is 0 Å². The summed E-state index contributed by atoms with van der Waals surface area (Å²) >= 11 is 1.62. The number of nitrogens with zero attached hydrogens (tertiary/aromatic N) is 4. The number of anilines is 1. The van der Waals surface area contributed by atoms with Crippen LogP contribution in [0.5, 0.6) is 0 Å². The molecule has 2 aliphatic rings. The highest BCUT2D eigenvalue weighted by Gasteiger charge is 2.31. The number of thiazole rings is 1. The molecule has 2 aromatic heterocycles. The number of carbonyl (C=O) groups excluding carboxylic acids is 1. The number of rotatable bonds is 4. The summed E-state index contributed by atoms with van der Waals surface area (Å²) in [5, 5.41) is 7.71. The summed E-state index contributed by atoms with van der Waals surface area (Å²) in [4.78, 5) is 24.8. The van der Waals surface area contributed by atoms with Gasteiger partial charge in [0.15, 0.2) is 11.0 Å². The molecule has 1 atom stereocenters. The number of hydrogen-bond acceptors (Lipinski definition) is 7. The van der Waals surface area contributed by atoms with Gasteiger partial charge in [0.2, 0.25) is 11.8 Å². The number of likely N-dealkylation sites (tertiary alicyclic amines) is 1. The minimum atomic E-state index is -0.0202. The summed E-state index contributed by atoms with van der Waals surface area (Å²) in [6, 6.07) is 0.0673. The molecule has 4 rings (SSSR count). The second-order valence-electron chi connectivity index (χ2n) is 6.44. The lowest BCUT2D eigenvalue weighted by molar-refractivity contribution is -0.117. The van der Waals surface area contributed by atoms with Gasteiger partial charge >= 0.3 is 0 Å². The predicted octanol–water partition coefficient (Wildman–Crippen LogP) is 2.49. The molecule has 24 heavy (non-hydrogen) atoms. The molecule has 1 N–H and O–H groups in total. The smallest absolute Gasteiger partial charge is 0.240 e. The Morgan fingerprint density at radius 2 is 2.21 bits per heavy atom. The molecular formula is C16H21N5O2S. The Morgan fingerprint density at radius 1 is 1.33 bits per heavy atom. The quantitative estimate of drug-likeness (QED) is 0.915. The van der Waals surface area contributed by atoms with Crippen molar-refractivity contribution in [2.45, 2.75) is 51.5 Å².